The molecule has 0 saturated heterocycles. The van der Waals surface area contributed by atoms with Crippen LogP contribution in [0.2, 0.25) is 0 Å². The number of carbonyl (C=O) groups excluding carboxylic acids is 1. The number of hydrogen-bond donors (Lipinski definition) is 0. The van der Waals surface area contributed by atoms with Crippen molar-refractivity contribution in [2.45, 2.75) is 19.9 Å². The summed E-state index contributed by atoms with van der Waals surface area (Å²) >= 11 is 1.68. The normalized spacial score (nSPS) is 10.5. The van der Waals surface area contributed by atoms with Gasteiger partial charge in [-0.1, -0.05) is 0 Å². The van der Waals surface area contributed by atoms with Gasteiger partial charge in [0.2, 0.25) is 0 Å². The summed E-state index contributed by atoms with van der Waals surface area (Å²) in [6, 6.07) is 1.99. The highest BCUT2D eigenvalue weighted by Crippen LogP contribution is 2.32. The Bertz CT molecular complexity index is 536. The van der Waals surface area contributed by atoms with E-state index in [4.69, 9.17) is 0 Å². The first-order valence-electron chi connectivity index (χ1n) is 5.74. The van der Waals surface area contributed by atoms with E-state index in [0.717, 1.165) is 12.1 Å². The number of methoxy groups -OCH3 is 1. The van der Waals surface area contributed by atoms with Crippen molar-refractivity contribution in [1.82, 2.24) is 0 Å². The van der Waals surface area contributed by atoms with Crippen LogP contribution in [0.1, 0.15) is 13.8 Å². The van der Waals surface area contributed by atoms with Crippen molar-refractivity contribution >= 4 is 39.9 Å². The molecule has 1 aromatic carbocycles. The average molecular weight is 396 g/mol. The Hall–Kier alpha value is -1.45. The van der Waals surface area contributed by atoms with Gasteiger partial charge >= 0.3 is 5.97 Å². The minimum Gasteiger partial charge on any atom is -0.468 e. The summed E-state index contributed by atoms with van der Waals surface area (Å²) in [7, 11) is 1.23. The lowest BCUT2D eigenvalue weighted by atomic mass is 10.2. The van der Waals surface area contributed by atoms with Gasteiger partial charge in [-0.3, -0.25) is 14.9 Å². The number of nitro benzene ring substituents is 1. The molecule has 0 aromatic heterocycles. The van der Waals surface area contributed by atoms with E-state index in [0.29, 0.717) is 0 Å². The maximum absolute atomic E-state index is 13.7. The summed E-state index contributed by atoms with van der Waals surface area (Å²) in [5, 5.41) is 11.1. The van der Waals surface area contributed by atoms with Crippen LogP contribution in [0.15, 0.2) is 12.1 Å². The van der Waals surface area contributed by atoms with Crippen LogP contribution < -0.4 is 4.90 Å². The molecule has 0 unspecified atom stereocenters. The van der Waals surface area contributed by atoms with Gasteiger partial charge in [-0.2, -0.15) is 0 Å². The van der Waals surface area contributed by atoms with Gasteiger partial charge < -0.3 is 9.64 Å². The Morgan fingerprint density at radius 2 is 2.15 bits per heavy atom. The largest absolute Gasteiger partial charge is 0.468 e. The fraction of sp³-hybridized carbons (Fsp3) is 0.417. The van der Waals surface area contributed by atoms with Gasteiger partial charge in [0.15, 0.2) is 0 Å². The van der Waals surface area contributed by atoms with Crippen LogP contribution in [0.3, 0.4) is 0 Å². The molecule has 0 bridgehead atoms. The molecule has 0 amide bonds. The molecular formula is C12H14FIN2O4. The first kappa shape index (κ1) is 16.6. The maximum atomic E-state index is 13.7. The molecule has 0 radical (unpaired) electrons. The molecule has 8 heteroatoms. The van der Waals surface area contributed by atoms with E-state index in [1.807, 2.05) is 0 Å². The Labute approximate surface area is 129 Å². The molecule has 110 valence electrons. The molecular weight excluding hydrogens is 382 g/mol. The van der Waals surface area contributed by atoms with Crippen LogP contribution in [0.25, 0.3) is 0 Å². The number of halogens is 2. The van der Waals surface area contributed by atoms with Crippen molar-refractivity contribution in [2.24, 2.45) is 0 Å². The Kier molecular flexibility index (Phi) is 5.66. The number of anilines is 1. The van der Waals surface area contributed by atoms with E-state index >= 15 is 0 Å². The first-order chi connectivity index (χ1) is 9.27. The third-order valence-electron chi connectivity index (χ3n) is 2.67. The van der Waals surface area contributed by atoms with Crippen molar-refractivity contribution < 1.29 is 18.8 Å². The van der Waals surface area contributed by atoms with E-state index in [9.17, 15) is 19.3 Å². The third-order valence-corrected chi connectivity index (χ3v) is 3.50. The first-order valence-corrected chi connectivity index (χ1v) is 6.82. The Balaban J connectivity index is 3.35. The average Bonchev–Trinajstić information content (AvgIpc) is 2.37. The highest BCUT2D eigenvalue weighted by molar-refractivity contribution is 14.1. The van der Waals surface area contributed by atoms with Crippen LogP contribution in [0.5, 0.6) is 0 Å². The van der Waals surface area contributed by atoms with Gasteiger partial charge in [0.25, 0.3) is 5.69 Å². The summed E-state index contributed by atoms with van der Waals surface area (Å²) < 4.78 is 18.4. The molecule has 0 fully saturated rings. The molecule has 0 spiro atoms. The Morgan fingerprint density at radius 1 is 1.55 bits per heavy atom. The molecule has 0 aliphatic carbocycles. The molecule has 0 aliphatic heterocycles. The maximum Gasteiger partial charge on any atom is 0.325 e. The highest BCUT2D eigenvalue weighted by Gasteiger charge is 2.25. The number of esters is 1. The van der Waals surface area contributed by atoms with E-state index in [1.165, 1.54) is 12.0 Å². The predicted octanol–water partition coefficient (Wildman–Crippen LogP) is 2.73. The second-order valence-electron chi connectivity index (χ2n) is 4.31. The van der Waals surface area contributed by atoms with Crippen molar-refractivity contribution in [3.05, 3.63) is 31.6 Å². The summed E-state index contributed by atoms with van der Waals surface area (Å²) in [6.45, 7) is 3.32. The second kappa shape index (κ2) is 6.82. The highest BCUT2D eigenvalue weighted by atomic mass is 127. The molecule has 0 atom stereocenters. The fourth-order valence-corrected chi connectivity index (χ4v) is 2.10. The van der Waals surface area contributed by atoms with Crippen LogP contribution in [0, 0.1) is 19.5 Å². The summed E-state index contributed by atoms with van der Waals surface area (Å²) in [6.07, 6.45) is 0. The minimum atomic E-state index is -0.594. The topological polar surface area (TPSA) is 72.7 Å². The number of ether oxygens (including phenoxy) is 1. The van der Waals surface area contributed by atoms with Gasteiger partial charge in [0.1, 0.15) is 18.0 Å². The molecule has 1 rings (SSSR count). The van der Waals surface area contributed by atoms with Crippen molar-refractivity contribution in [3.63, 3.8) is 0 Å². The van der Waals surface area contributed by atoms with Crippen LogP contribution in [-0.2, 0) is 9.53 Å². The van der Waals surface area contributed by atoms with Crippen LogP contribution in [0.4, 0.5) is 15.8 Å². The molecule has 1 aromatic rings. The SMILES string of the molecule is COC(=O)CN(c1cc(F)c(I)cc1[N+](=O)[O-])C(C)C. The second-order valence-corrected chi connectivity index (χ2v) is 5.47. The lowest BCUT2D eigenvalue weighted by Gasteiger charge is -2.27. The van der Waals surface area contributed by atoms with Crippen LogP contribution in [-0.4, -0.2) is 30.6 Å². The number of rotatable bonds is 5. The minimum absolute atomic E-state index is 0.0633. The summed E-state index contributed by atoms with van der Waals surface area (Å²) in [5.41, 5.74) is -0.179. The zero-order valence-electron chi connectivity index (χ0n) is 11.2. The number of benzene rings is 1. The lowest BCUT2D eigenvalue weighted by Crippen LogP contribution is -2.36. The molecule has 6 nitrogen and oxygen atoms in total. The summed E-state index contributed by atoms with van der Waals surface area (Å²) in [4.78, 5) is 23.3. The summed E-state index contributed by atoms with van der Waals surface area (Å²) in [5.74, 6) is -1.12. The monoisotopic (exact) mass is 396 g/mol. The molecule has 0 N–H and O–H groups in total. The van der Waals surface area contributed by atoms with Gasteiger partial charge in [-0.15, -0.1) is 0 Å². The Morgan fingerprint density at radius 3 is 2.60 bits per heavy atom. The van der Waals surface area contributed by atoms with Gasteiger partial charge in [0, 0.05) is 18.2 Å². The van der Waals surface area contributed by atoms with E-state index in [-0.39, 0.29) is 27.5 Å². The predicted molar refractivity (Wildman–Crippen MR) is 80.3 cm³/mol. The van der Waals surface area contributed by atoms with E-state index < -0.39 is 16.7 Å². The standard InChI is InChI=1S/C12H14FIN2O4/c1-7(2)15(6-12(17)20-3)10-4-8(13)9(14)5-11(10)16(18)19/h4-5,7H,6H2,1-3H3. The van der Waals surface area contributed by atoms with Crippen molar-refractivity contribution in [2.75, 3.05) is 18.6 Å². The van der Waals surface area contributed by atoms with Gasteiger partial charge in [-0.05, 0) is 36.4 Å². The number of nitrogens with zero attached hydrogens (tertiary/aromatic N) is 2. The van der Waals surface area contributed by atoms with Gasteiger partial charge in [-0.25, -0.2) is 4.39 Å². The van der Waals surface area contributed by atoms with E-state index in [2.05, 4.69) is 4.74 Å². The smallest absolute Gasteiger partial charge is 0.325 e. The zero-order valence-corrected chi connectivity index (χ0v) is 13.4. The van der Waals surface area contributed by atoms with Crippen LogP contribution >= 0.6 is 22.6 Å². The molecule has 20 heavy (non-hydrogen) atoms. The van der Waals surface area contributed by atoms with Crippen molar-refractivity contribution in [1.29, 1.82) is 0 Å². The molecule has 0 aliphatic rings. The van der Waals surface area contributed by atoms with E-state index in [1.54, 1.807) is 36.4 Å². The molecule has 0 saturated carbocycles. The third kappa shape index (κ3) is 3.78. The lowest BCUT2D eigenvalue weighted by molar-refractivity contribution is -0.384. The number of carbonyl (C=O) groups is 1. The van der Waals surface area contributed by atoms with Gasteiger partial charge in [0.05, 0.1) is 15.6 Å². The quantitative estimate of drug-likeness (QED) is 0.331. The number of nitro groups is 1. The zero-order chi connectivity index (χ0) is 15.4. The molecule has 0 heterocycles. The van der Waals surface area contributed by atoms with Crippen molar-refractivity contribution in [3.8, 4) is 0 Å². The fourth-order valence-electron chi connectivity index (χ4n) is 1.65. The number of hydrogen-bond acceptors (Lipinski definition) is 5.